The van der Waals surface area contributed by atoms with Gasteiger partial charge < -0.3 is 20.1 Å². The first-order valence-electron chi connectivity index (χ1n) is 7.53. The van der Waals surface area contributed by atoms with Gasteiger partial charge in [0.15, 0.2) is 0 Å². The number of para-hydroxylation sites is 1. The van der Waals surface area contributed by atoms with Gasteiger partial charge in [-0.3, -0.25) is 4.79 Å². The highest BCUT2D eigenvalue weighted by Crippen LogP contribution is 2.35. The molecule has 0 radical (unpaired) electrons. The summed E-state index contributed by atoms with van der Waals surface area (Å²) in [5, 5.41) is 12.8. The molecule has 9 heteroatoms. The molecule has 0 aliphatic heterocycles. The zero-order valence-electron chi connectivity index (χ0n) is 14.3. The van der Waals surface area contributed by atoms with Crippen LogP contribution in [0.3, 0.4) is 0 Å². The molecule has 0 heterocycles. The molecule has 0 fully saturated rings. The van der Waals surface area contributed by atoms with Crippen molar-refractivity contribution in [2.75, 3.05) is 33.8 Å². The molecule has 25 heavy (non-hydrogen) atoms. The summed E-state index contributed by atoms with van der Waals surface area (Å²) >= 11 is 0. The van der Waals surface area contributed by atoms with Crippen LogP contribution in [-0.2, 0) is 11.0 Å². The average Bonchev–Trinajstić information content (AvgIpc) is 2.51. The zero-order valence-corrected chi connectivity index (χ0v) is 15.2. The number of aliphatic hydroxyl groups excluding tert-OH is 1. The predicted molar refractivity (Wildman–Crippen MR) is 90.9 cm³/mol. The van der Waals surface area contributed by atoms with Crippen molar-refractivity contribution in [1.29, 1.82) is 0 Å². The highest BCUT2D eigenvalue weighted by atomic mass is 35.5. The van der Waals surface area contributed by atoms with Crippen molar-refractivity contribution in [3.63, 3.8) is 0 Å². The third-order valence-corrected chi connectivity index (χ3v) is 3.42. The molecule has 144 valence electrons. The number of aliphatic hydroxyl groups is 1. The van der Waals surface area contributed by atoms with E-state index < -0.39 is 17.8 Å². The molecule has 0 aromatic heterocycles. The Bertz CT molecular complexity index is 544. The number of nitrogens with zero attached hydrogens (tertiary/aromatic N) is 1. The number of hydrogen-bond acceptors (Lipinski definition) is 4. The summed E-state index contributed by atoms with van der Waals surface area (Å²) in [6.45, 7) is 1.87. The number of carbonyl (C=O) groups is 1. The van der Waals surface area contributed by atoms with Gasteiger partial charge in [-0.2, -0.15) is 13.2 Å². The van der Waals surface area contributed by atoms with Gasteiger partial charge in [0.2, 0.25) is 5.91 Å². The van der Waals surface area contributed by atoms with Crippen molar-refractivity contribution in [3.8, 4) is 5.75 Å². The largest absolute Gasteiger partial charge is 0.490 e. The Morgan fingerprint density at radius 1 is 1.36 bits per heavy atom. The lowest BCUT2D eigenvalue weighted by molar-refractivity contribution is -0.139. The van der Waals surface area contributed by atoms with Gasteiger partial charge in [0.25, 0.3) is 0 Å². The van der Waals surface area contributed by atoms with E-state index in [0.29, 0.717) is 6.54 Å². The van der Waals surface area contributed by atoms with Crippen LogP contribution in [0.1, 0.15) is 12.5 Å². The molecule has 0 saturated heterocycles. The van der Waals surface area contributed by atoms with Crippen LogP contribution >= 0.6 is 12.4 Å². The molecule has 0 aliphatic carbocycles. The number of ether oxygens (including phenoxy) is 1. The highest BCUT2D eigenvalue weighted by molar-refractivity contribution is 5.85. The van der Waals surface area contributed by atoms with E-state index in [1.54, 1.807) is 14.0 Å². The standard InChI is InChI=1S/C16H23F3N2O3.ClH/c1-11(8-20-2)15(23)21(3)9-12(22)10-24-14-7-5-4-6-13(14)16(17,18)19;/h4-7,11-12,20,22H,8-10H2,1-3H3;1H. The number of alkyl halides is 3. The molecule has 1 rings (SSSR count). The number of rotatable bonds is 8. The number of amides is 1. The second-order valence-corrected chi connectivity index (χ2v) is 5.64. The van der Waals surface area contributed by atoms with Gasteiger partial charge in [-0.05, 0) is 19.2 Å². The maximum Gasteiger partial charge on any atom is 0.419 e. The van der Waals surface area contributed by atoms with Gasteiger partial charge in [0.1, 0.15) is 18.5 Å². The van der Waals surface area contributed by atoms with Crippen molar-refractivity contribution in [2.45, 2.75) is 19.2 Å². The van der Waals surface area contributed by atoms with Gasteiger partial charge in [-0.1, -0.05) is 19.1 Å². The van der Waals surface area contributed by atoms with Crippen molar-refractivity contribution in [1.82, 2.24) is 10.2 Å². The SMILES string of the molecule is CNCC(C)C(=O)N(C)CC(O)COc1ccccc1C(F)(F)F.Cl. The average molecular weight is 385 g/mol. The Kier molecular flexibility index (Phi) is 9.84. The summed E-state index contributed by atoms with van der Waals surface area (Å²) in [5.74, 6) is -0.778. The molecule has 5 nitrogen and oxygen atoms in total. The third-order valence-electron chi connectivity index (χ3n) is 3.42. The molecule has 2 N–H and O–H groups in total. The first-order valence-corrected chi connectivity index (χ1v) is 7.53. The molecular formula is C16H24ClF3N2O3. The molecule has 1 aromatic carbocycles. The second-order valence-electron chi connectivity index (χ2n) is 5.64. The van der Waals surface area contributed by atoms with Crippen molar-refractivity contribution < 1.29 is 27.8 Å². The number of nitrogens with one attached hydrogen (secondary N) is 1. The lowest BCUT2D eigenvalue weighted by atomic mass is 10.1. The predicted octanol–water partition coefficient (Wildman–Crippen LogP) is 2.18. The van der Waals surface area contributed by atoms with Crippen LogP contribution in [0.15, 0.2) is 24.3 Å². The molecule has 0 spiro atoms. The van der Waals surface area contributed by atoms with Crippen LogP contribution in [0.5, 0.6) is 5.75 Å². The Labute approximate surface area is 151 Å². The van der Waals surface area contributed by atoms with Crippen LogP contribution in [-0.4, -0.2) is 55.8 Å². The topological polar surface area (TPSA) is 61.8 Å². The summed E-state index contributed by atoms with van der Waals surface area (Å²) < 4.78 is 43.6. The molecule has 0 aliphatic rings. The maximum atomic E-state index is 12.8. The molecule has 1 aromatic rings. The molecule has 2 unspecified atom stereocenters. The molecule has 2 atom stereocenters. The van der Waals surface area contributed by atoms with E-state index in [2.05, 4.69) is 5.32 Å². The summed E-state index contributed by atoms with van der Waals surface area (Å²) in [4.78, 5) is 13.4. The first kappa shape index (κ1) is 23.5. The fourth-order valence-corrected chi connectivity index (χ4v) is 2.24. The first-order chi connectivity index (χ1) is 11.2. The van der Waals surface area contributed by atoms with Crippen LogP contribution in [0.25, 0.3) is 0 Å². The molecule has 1 amide bonds. The van der Waals surface area contributed by atoms with Crippen molar-refractivity contribution in [3.05, 3.63) is 29.8 Å². The Morgan fingerprint density at radius 3 is 2.52 bits per heavy atom. The van der Waals surface area contributed by atoms with E-state index >= 15 is 0 Å². The fraction of sp³-hybridized carbons (Fsp3) is 0.562. The van der Waals surface area contributed by atoms with Crippen LogP contribution < -0.4 is 10.1 Å². The van der Waals surface area contributed by atoms with E-state index in [1.807, 2.05) is 0 Å². The summed E-state index contributed by atoms with van der Waals surface area (Å²) in [6.07, 6.45) is -5.63. The Hall–Kier alpha value is -1.51. The number of halogens is 4. The van der Waals surface area contributed by atoms with Crippen LogP contribution in [0.2, 0.25) is 0 Å². The monoisotopic (exact) mass is 384 g/mol. The molecule has 0 saturated carbocycles. The molecular weight excluding hydrogens is 361 g/mol. The van der Waals surface area contributed by atoms with Gasteiger partial charge in [0.05, 0.1) is 5.56 Å². The number of likely N-dealkylation sites (N-methyl/N-ethyl adjacent to an activating group) is 1. The van der Waals surface area contributed by atoms with Gasteiger partial charge in [-0.15, -0.1) is 12.4 Å². The Morgan fingerprint density at radius 2 is 1.96 bits per heavy atom. The minimum atomic E-state index is -4.53. The summed E-state index contributed by atoms with van der Waals surface area (Å²) in [6, 6.07) is 4.80. The van der Waals surface area contributed by atoms with E-state index in [4.69, 9.17) is 4.74 Å². The zero-order chi connectivity index (χ0) is 18.3. The normalized spacial score (nSPS) is 13.6. The summed E-state index contributed by atoms with van der Waals surface area (Å²) in [5.41, 5.74) is -0.899. The van der Waals surface area contributed by atoms with Crippen LogP contribution in [0.4, 0.5) is 13.2 Å². The van der Waals surface area contributed by atoms with Gasteiger partial charge in [-0.25, -0.2) is 0 Å². The lowest BCUT2D eigenvalue weighted by Gasteiger charge is -2.24. The Balaban J connectivity index is 0.00000576. The third kappa shape index (κ3) is 7.50. The van der Waals surface area contributed by atoms with Gasteiger partial charge in [0, 0.05) is 26.1 Å². The van der Waals surface area contributed by atoms with E-state index in [-0.39, 0.29) is 43.1 Å². The van der Waals surface area contributed by atoms with Crippen molar-refractivity contribution >= 4 is 18.3 Å². The van der Waals surface area contributed by atoms with E-state index in [1.165, 1.54) is 30.1 Å². The minimum absolute atomic E-state index is 0. The highest BCUT2D eigenvalue weighted by Gasteiger charge is 2.34. The van der Waals surface area contributed by atoms with Gasteiger partial charge >= 0.3 is 6.18 Å². The quantitative estimate of drug-likeness (QED) is 0.721. The lowest BCUT2D eigenvalue weighted by Crippen LogP contribution is -2.41. The van der Waals surface area contributed by atoms with E-state index in [0.717, 1.165) is 6.07 Å². The summed E-state index contributed by atoms with van der Waals surface area (Å²) in [7, 11) is 3.26. The smallest absolute Gasteiger partial charge is 0.419 e. The minimum Gasteiger partial charge on any atom is -0.490 e. The number of benzene rings is 1. The molecule has 0 bridgehead atoms. The van der Waals surface area contributed by atoms with E-state index in [9.17, 15) is 23.1 Å². The van der Waals surface area contributed by atoms with Crippen LogP contribution in [0, 0.1) is 5.92 Å². The number of carbonyl (C=O) groups excluding carboxylic acids is 1. The van der Waals surface area contributed by atoms with Crippen molar-refractivity contribution in [2.24, 2.45) is 5.92 Å². The number of hydrogen-bond donors (Lipinski definition) is 2. The second kappa shape index (κ2) is 10.5. The maximum absolute atomic E-state index is 12.8. The fourth-order valence-electron chi connectivity index (χ4n) is 2.24.